The molecule has 2 aliphatic rings. The number of likely N-dealkylation sites (tertiary alicyclic amines) is 1. The Morgan fingerprint density at radius 3 is 2.28 bits per heavy atom. The lowest BCUT2D eigenvalue weighted by Gasteiger charge is -2.34. The van der Waals surface area contributed by atoms with Gasteiger partial charge in [-0.15, -0.1) is 11.3 Å². The zero-order valence-corrected chi connectivity index (χ0v) is 24.4. The van der Waals surface area contributed by atoms with Gasteiger partial charge in [-0.3, -0.25) is 19.1 Å². The van der Waals surface area contributed by atoms with Crippen LogP contribution in [0.1, 0.15) is 81.7 Å². The number of benzene rings is 1. The summed E-state index contributed by atoms with van der Waals surface area (Å²) in [5, 5.41) is 6.86. The third-order valence-corrected chi connectivity index (χ3v) is 10.1. The van der Waals surface area contributed by atoms with Gasteiger partial charge in [0.05, 0.1) is 17.7 Å². The molecule has 2 N–H and O–H groups in total. The second kappa shape index (κ2) is 10.9. The number of ketones is 1. The first-order chi connectivity index (χ1) is 18.6. The number of hydrogen-bond donors (Lipinski definition) is 1. The quantitative estimate of drug-likeness (QED) is 0.389. The summed E-state index contributed by atoms with van der Waals surface area (Å²) in [6.07, 6.45) is 4.52. The van der Waals surface area contributed by atoms with Gasteiger partial charge in [0.15, 0.2) is 5.78 Å². The van der Waals surface area contributed by atoms with Crippen LogP contribution in [0.15, 0.2) is 35.7 Å². The van der Waals surface area contributed by atoms with Crippen LogP contribution in [-0.4, -0.2) is 38.3 Å². The highest BCUT2D eigenvalue weighted by Gasteiger charge is 2.59. The Bertz CT molecular complexity index is 1420. The van der Waals surface area contributed by atoms with E-state index in [2.05, 4.69) is 5.10 Å². The van der Waals surface area contributed by atoms with Crippen LogP contribution < -0.4 is 5.73 Å². The third kappa shape index (κ3) is 4.72. The maximum absolute atomic E-state index is 14.7. The zero-order valence-electron chi connectivity index (χ0n) is 22.8. The van der Waals surface area contributed by atoms with Gasteiger partial charge in [0.2, 0.25) is 11.8 Å². The van der Waals surface area contributed by atoms with E-state index >= 15 is 0 Å². The predicted octanol–water partition coefficient (Wildman–Crippen LogP) is 5.66. The lowest BCUT2D eigenvalue weighted by Crippen LogP contribution is -2.49. The molecule has 2 fully saturated rings. The minimum absolute atomic E-state index is 0.123. The number of nitrogens with two attached hydrogens (primary N) is 1. The Hall–Kier alpha value is -2.97. The van der Waals surface area contributed by atoms with Crippen molar-refractivity contribution in [2.45, 2.75) is 70.9 Å². The molecule has 1 saturated heterocycles. The normalized spacial score (nSPS) is 23.8. The van der Waals surface area contributed by atoms with E-state index in [0.717, 1.165) is 48.1 Å². The maximum atomic E-state index is 14.7. The minimum atomic E-state index is -0.990. The summed E-state index contributed by atoms with van der Waals surface area (Å²) in [6, 6.07) is 7.67. The van der Waals surface area contributed by atoms with Crippen molar-refractivity contribution in [1.29, 1.82) is 0 Å². The fourth-order valence-electron chi connectivity index (χ4n) is 6.73. The number of aromatic nitrogens is 2. The summed E-state index contributed by atoms with van der Waals surface area (Å²) in [5.41, 5.74) is 9.78. The number of nitrogens with zero attached hydrogens (tertiary/aromatic N) is 3. The molecule has 4 unspecified atom stereocenters. The fraction of sp³-hybridized carbons (Fsp3) is 0.467. The van der Waals surface area contributed by atoms with Crippen LogP contribution in [0.25, 0.3) is 0 Å². The molecule has 0 radical (unpaired) electrons. The van der Waals surface area contributed by atoms with Crippen molar-refractivity contribution in [3.05, 3.63) is 73.7 Å². The Kier molecular flexibility index (Phi) is 7.71. The maximum Gasteiger partial charge on any atom is 0.240 e. The summed E-state index contributed by atoms with van der Waals surface area (Å²) in [6.45, 7) is 5.71. The van der Waals surface area contributed by atoms with Crippen molar-refractivity contribution >= 4 is 40.5 Å². The van der Waals surface area contributed by atoms with E-state index in [-0.39, 0.29) is 17.6 Å². The molecule has 39 heavy (non-hydrogen) atoms. The van der Waals surface area contributed by atoms with Crippen molar-refractivity contribution in [1.82, 2.24) is 14.7 Å². The molecule has 5 rings (SSSR count). The number of thiophene rings is 1. The largest absolute Gasteiger partial charge is 0.368 e. The van der Waals surface area contributed by atoms with E-state index in [4.69, 9.17) is 17.3 Å². The standard InChI is InChI=1S/C30H35ClN4O3S/c1-16-10-8-9-13-20(16)26(36)22-23(27-17(2)14-15-39-27)25(29(32)37)35(30(38)19-11-6-5-7-12-19)24(22)21-18(3)33-34(4)28(21)31/h8-10,13-15,19,22-25H,5-7,11-12H2,1-4H3,(H2,32,37). The van der Waals surface area contributed by atoms with E-state index < -0.39 is 29.8 Å². The first kappa shape index (κ1) is 27.6. The molecule has 1 aliphatic heterocycles. The third-order valence-electron chi connectivity index (χ3n) is 8.58. The average molecular weight is 567 g/mol. The predicted molar refractivity (Wildman–Crippen MR) is 153 cm³/mol. The topological polar surface area (TPSA) is 98.3 Å². The number of hydrogen-bond acceptors (Lipinski definition) is 5. The van der Waals surface area contributed by atoms with Crippen LogP contribution in [0.4, 0.5) is 0 Å². The molecule has 0 spiro atoms. The second-order valence-electron chi connectivity index (χ2n) is 11.0. The van der Waals surface area contributed by atoms with Crippen LogP contribution in [0.3, 0.4) is 0 Å². The molecule has 1 saturated carbocycles. The van der Waals surface area contributed by atoms with Crippen molar-refractivity contribution in [3.63, 3.8) is 0 Å². The number of halogens is 1. The number of primary amides is 1. The highest BCUT2D eigenvalue weighted by molar-refractivity contribution is 7.10. The Morgan fingerprint density at radius 1 is 1.03 bits per heavy atom. The molecule has 3 heterocycles. The molecule has 206 valence electrons. The number of rotatable bonds is 6. The number of amides is 2. The van der Waals surface area contributed by atoms with E-state index in [1.807, 2.05) is 56.5 Å². The van der Waals surface area contributed by atoms with E-state index in [0.29, 0.717) is 22.0 Å². The smallest absolute Gasteiger partial charge is 0.240 e. The molecule has 9 heteroatoms. The van der Waals surface area contributed by atoms with Gasteiger partial charge in [-0.2, -0.15) is 5.10 Å². The van der Waals surface area contributed by atoms with Gasteiger partial charge in [0, 0.05) is 34.9 Å². The van der Waals surface area contributed by atoms with Gasteiger partial charge >= 0.3 is 0 Å². The van der Waals surface area contributed by atoms with Gasteiger partial charge in [-0.25, -0.2) is 0 Å². The van der Waals surface area contributed by atoms with Crippen molar-refractivity contribution in [2.24, 2.45) is 24.6 Å². The molecule has 2 aromatic heterocycles. The number of Topliss-reactive ketones (excluding diaryl/α,β-unsaturated/α-hetero) is 1. The summed E-state index contributed by atoms with van der Waals surface area (Å²) in [7, 11) is 1.74. The molecule has 4 atom stereocenters. The SMILES string of the molecule is Cc1ccccc1C(=O)C1C(c2sccc2C)C(C(N)=O)N(C(=O)C2CCCCC2)C1c1c(C)nn(C)c1Cl. The lowest BCUT2D eigenvalue weighted by atomic mass is 9.77. The number of carbonyl (C=O) groups is 3. The van der Waals surface area contributed by atoms with Crippen LogP contribution in [0.2, 0.25) is 5.15 Å². The molecule has 1 aliphatic carbocycles. The molecule has 1 aromatic carbocycles. The van der Waals surface area contributed by atoms with Crippen molar-refractivity contribution in [2.75, 3.05) is 0 Å². The summed E-state index contributed by atoms with van der Waals surface area (Å²) in [4.78, 5) is 45.0. The highest BCUT2D eigenvalue weighted by Crippen LogP contribution is 2.55. The first-order valence-electron chi connectivity index (χ1n) is 13.6. The first-order valence-corrected chi connectivity index (χ1v) is 14.8. The van der Waals surface area contributed by atoms with Crippen molar-refractivity contribution < 1.29 is 14.4 Å². The van der Waals surface area contributed by atoms with Crippen LogP contribution in [0, 0.1) is 32.6 Å². The number of carbonyl (C=O) groups excluding carboxylic acids is 3. The Balaban J connectivity index is 1.79. The Morgan fingerprint density at radius 2 is 1.72 bits per heavy atom. The average Bonchev–Trinajstić information content (AvgIpc) is 3.56. The van der Waals surface area contributed by atoms with Crippen LogP contribution in [0.5, 0.6) is 0 Å². The fourth-order valence-corrected chi connectivity index (χ4v) is 8.12. The highest BCUT2D eigenvalue weighted by atomic mass is 35.5. The van der Waals surface area contributed by atoms with Crippen LogP contribution >= 0.6 is 22.9 Å². The van der Waals surface area contributed by atoms with E-state index in [1.165, 1.54) is 11.3 Å². The summed E-state index contributed by atoms with van der Waals surface area (Å²) in [5.74, 6) is -2.46. The van der Waals surface area contributed by atoms with E-state index in [1.54, 1.807) is 16.6 Å². The molecular weight excluding hydrogens is 532 g/mol. The molecule has 0 bridgehead atoms. The molecular formula is C30H35ClN4O3S. The molecule has 7 nitrogen and oxygen atoms in total. The summed E-state index contributed by atoms with van der Waals surface area (Å²) < 4.78 is 1.56. The van der Waals surface area contributed by atoms with Gasteiger partial charge in [0.25, 0.3) is 0 Å². The van der Waals surface area contributed by atoms with Gasteiger partial charge in [-0.1, -0.05) is 55.1 Å². The van der Waals surface area contributed by atoms with Crippen molar-refractivity contribution in [3.8, 4) is 0 Å². The molecule has 2 amide bonds. The van der Waals surface area contributed by atoms with Gasteiger partial charge < -0.3 is 10.6 Å². The number of aryl methyl sites for hydroxylation is 4. The van der Waals surface area contributed by atoms with Crippen LogP contribution in [-0.2, 0) is 16.6 Å². The van der Waals surface area contributed by atoms with E-state index in [9.17, 15) is 14.4 Å². The monoisotopic (exact) mass is 566 g/mol. The second-order valence-corrected chi connectivity index (χ2v) is 12.3. The minimum Gasteiger partial charge on any atom is -0.368 e. The zero-order chi connectivity index (χ0) is 28.0. The van der Waals surface area contributed by atoms with Gasteiger partial charge in [-0.05, 0) is 56.2 Å². The summed E-state index contributed by atoms with van der Waals surface area (Å²) >= 11 is 8.36. The molecule has 3 aromatic rings. The lowest BCUT2D eigenvalue weighted by molar-refractivity contribution is -0.144. The van der Waals surface area contributed by atoms with Gasteiger partial charge in [0.1, 0.15) is 11.2 Å². The Labute approximate surface area is 238 Å².